The Labute approximate surface area is 114 Å². The van der Waals surface area contributed by atoms with Crippen molar-refractivity contribution in [1.82, 2.24) is 9.88 Å². The maximum Gasteiger partial charge on any atom is 0.338 e. The van der Waals surface area contributed by atoms with Gasteiger partial charge < -0.3 is 9.64 Å². The number of nitrogens with zero attached hydrogens (tertiary/aromatic N) is 2. The number of hydrogen-bond acceptors (Lipinski definition) is 5. The molecule has 0 saturated heterocycles. The highest BCUT2D eigenvalue weighted by atomic mass is 32.1. The van der Waals surface area contributed by atoms with E-state index in [0.717, 1.165) is 10.2 Å². The average Bonchev–Trinajstić information content (AvgIpc) is 2.84. The van der Waals surface area contributed by atoms with Gasteiger partial charge in [0.05, 0.1) is 21.3 Å². The van der Waals surface area contributed by atoms with Crippen molar-refractivity contribution in [3.05, 3.63) is 29.3 Å². The highest BCUT2D eigenvalue weighted by molar-refractivity contribution is 7.16. The number of carbonyl (C=O) groups excluding carboxylic acids is 2. The summed E-state index contributed by atoms with van der Waals surface area (Å²) in [7, 11) is 3.24. The number of fused-ring (bicyclic) bond motifs is 1. The predicted molar refractivity (Wildman–Crippen MR) is 73.2 cm³/mol. The first-order valence-electron chi connectivity index (χ1n) is 5.74. The fraction of sp³-hybridized carbons (Fsp3) is 0.308. The number of benzene rings is 1. The minimum Gasteiger partial charge on any atom is -0.449 e. The van der Waals surface area contributed by atoms with Gasteiger partial charge in [0.15, 0.2) is 6.10 Å². The van der Waals surface area contributed by atoms with E-state index in [1.165, 1.54) is 16.2 Å². The van der Waals surface area contributed by atoms with Gasteiger partial charge in [0, 0.05) is 14.1 Å². The third-order valence-corrected chi connectivity index (χ3v) is 3.43. The van der Waals surface area contributed by atoms with Crippen LogP contribution in [0, 0.1) is 0 Å². The Kier molecular flexibility index (Phi) is 3.80. The van der Waals surface area contributed by atoms with E-state index in [0.29, 0.717) is 5.56 Å². The van der Waals surface area contributed by atoms with Gasteiger partial charge in [0.2, 0.25) is 0 Å². The van der Waals surface area contributed by atoms with Crippen molar-refractivity contribution in [2.45, 2.75) is 13.0 Å². The lowest BCUT2D eigenvalue weighted by Gasteiger charge is -2.17. The van der Waals surface area contributed by atoms with Gasteiger partial charge in [-0.05, 0) is 25.1 Å². The van der Waals surface area contributed by atoms with Crippen LogP contribution < -0.4 is 0 Å². The summed E-state index contributed by atoms with van der Waals surface area (Å²) in [5.41, 5.74) is 2.99. The fourth-order valence-corrected chi connectivity index (χ4v) is 2.34. The van der Waals surface area contributed by atoms with E-state index < -0.39 is 12.1 Å². The number of ether oxygens (including phenoxy) is 1. The van der Waals surface area contributed by atoms with Crippen LogP contribution in [0.1, 0.15) is 17.3 Å². The lowest BCUT2D eigenvalue weighted by molar-refractivity contribution is -0.137. The van der Waals surface area contributed by atoms with Crippen LogP contribution in [0.15, 0.2) is 23.7 Å². The molecule has 0 saturated carbocycles. The second-order valence-corrected chi connectivity index (χ2v) is 5.20. The summed E-state index contributed by atoms with van der Waals surface area (Å²) in [6.45, 7) is 1.56. The molecule has 6 heteroatoms. The molecule has 0 bridgehead atoms. The van der Waals surface area contributed by atoms with Crippen LogP contribution in [0.25, 0.3) is 10.2 Å². The predicted octanol–water partition coefficient (Wildman–Crippen LogP) is 1.93. The number of hydrogen-bond donors (Lipinski definition) is 0. The summed E-state index contributed by atoms with van der Waals surface area (Å²) >= 11 is 1.45. The van der Waals surface area contributed by atoms with Gasteiger partial charge in [-0.3, -0.25) is 4.79 Å². The summed E-state index contributed by atoms with van der Waals surface area (Å²) in [6.07, 6.45) is -0.792. The first-order valence-corrected chi connectivity index (χ1v) is 6.62. The molecule has 0 aliphatic rings. The molecule has 1 atom stereocenters. The molecular formula is C13H14N2O3S. The molecule has 1 amide bonds. The zero-order valence-electron chi connectivity index (χ0n) is 10.9. The van der Waals surface area contributed by atoms with Crippen LogP contribution in [0.4, 0.5) is 0 Å². The van der Waals surface area contributed by atoms with E-state index in [2.05, 4.69) is 4.98 Å². The number of likely N-dealkylation sites (N-methyl/N-ethyl adjacent to an activating group) is 1. The molecule has 0 aliphatic heterocycles. The van der Waals surface area contributed by atoms with Crippen molar-refractivity contribution >= 4 is 33.4 Å². The van der Waals surface area contributed by atoms with E-state index in [1.54, 1.807) is 44.7 Å². The summed E-state index contributed by atoms with van der Waals surface area (Å²) in [4.78, 5) is 29.1. The molecule has 2 rings (SSSR count). The Morgan fingerprint density at radius 1 is 1.37 bits per heavy atom. The van der Waals surface area contributed by atoms with Gasteiger partial charge in [-0.25, -0.2) is 9.78 Å². The molecule has 2 aromatic rings. The maximum atomic E-state index is 11.9. The second kappa shape index (κ2) is 5.36. The zero-order valence-corrected chi connectivity index (χ0v) is 11.7. The van der Waals surface area contributed by atoms with Crippen molar-refractivity contribution in [3.8, 4) is 0 Å². The van der Waals surface area contributed by atoms with Crippen molar-refractivity contribution < 1.29 is 14.3 Å². The van der Waals surface area contributed by atoms with Crippen LogP contribution in [0.3, 0.4) is 0 Å². The smallest absolute Gasteiger partial charge is 0.338 e. The number of carbonyl (C=O) groups is 2. The zero-order chi connectivity index (χ0) is 14.0. The Balaban J connectivity index is 2.13. The number of rotatable bonds is 3. The molecule has 0 radical (unpaired) electrons. The lowest BCUT2D eigenvalue weighted by Crippen LogP contribution is -2.34. The molecule has 19 heavy (non-hydrogen) atoms. The van der Waals surface area contributed by atoms with Gasteiger partial charge in [-0.15, -0.1) is 11.3 Å². The van der Waals surface area contributed by atoms with Gasteiger partial charge in [0.25, 0.3) is 5.91 Å². The fourth-order valence-electron chi connectivity index (χ4n) is 1.62. The largest absolute Gasteiger partial charge is 0.449 e. The van der Waals surface area contributed by atoms with E-state index in [-0.39, 0.29) is 5.91 Å². The molecule has 1 aromatic carbocycles. The van der Waals surface area contributed by atoms with Gasteiger partial charge >= 0.3 is 5.97 Å². The SMILES string of the molecule is C[C@@H](OC(=O)c1ccc2ncsc2c1)C(=O)N(C)C. The van der Waals surface area contributed by atoms with Crippen molar-refractivity contribution in [3.63, 3.8) is 0 Å². The minimum atomic E-state index is -0.792. The molecule has 0 spiro atoms. The van der Waals surface area contributed by atoms with Crippen LogP contribution >= 0.6 is 11.3 Å². The monoisotopic (exact) mass is 278 g/mol. The highest BCUT2D eigenvalue weighted by Gasteiger charge is 2.20. The highest BCUT2D eigenvalue weighted by Crippen LogP contribution is 2.19. The molecule has 5 nitrogen and oxygen atoms in total. The summed E-state index contributed by atoms with van der Waals surface area (Å²) < 4.78 is 6.06. The molecule has 0 aliphatic carbocycles. The van der Waals surface area contributed by atoms with Crippen LogP contribution in [-0.2, 0) is 9.53 Å². The summed E-state index contributed by atoms with van der Waals surface area (Å²) in [6, 6.07) is 5.14. The normalized spacial score (nSPS) is 12.2. The maximum absolute atomic E-state index is 11.9. The molecule has 1 aromatic heterocycles. The van der Waals surface area contributed by atoms with Gasteiger partial charge in [-0.1, -0.05) is 0 Å². The lowest BCUT2D eigenvalue weighted by atomic mass is 10.2. The molecule has 0 N–H and O–H groups in total. The van der Waals surface area contributed by atoms with E-state index in [1.807, 2.05) is 0 Å². The average molecular weight is 278 g/mol. The van der Waals surface area contributed by atoms with Crippen LogP contribution in [0.2, 0.25) is 0 Å². The molecule has 0 unspecified atom stereocenters. The summed E-state index contributed by atoms with van der Waals surface area (Å²) in [5, 5.41) is 0. The molecular weight excluding hydrogens is 264 g/mol. The first kappa shape index (κ1) is 13.5. The Morgan fingerprint density at radius 2 is 2.11 bits per heavy atom. The molecule has 1 heterocycles. The topological polar surface area (TPSA) is 59.5 Å². The second-order valence-electron chi connectivity index (χ2n) is 4.32. The Bertz CT molecular complexity index is 621. The van der Waals surface area contributed by atoms with Gasteiger partial charge in [0.1, 0.15) is 0 Å². The van der Waals surface area contributed by atoms with Gasteiger partial charge in [-0.2, -0.15) is 0 Å². The van der Waals surface area contributed by atoms with Crippen LogP contribution in [0.5, 0.6) is 0 Å². The number of amides is 1. The summed E-state index contributed by atoms with van der Waals surface area (Å²) in [5.74, 6) is -0.745. The first-order chi connectivity index (χ1) is 8.99. The Hall–Kier alpha value is -1.95. The standard InChI is InChI=1S/C13H14N2O3S/c1-8(12(16)15(2)3)18-13(17)9-4-5-10-11(6-9)19-7-14-10/h4-8H,1-3H3/t8-/m1/s1. The quantitative estimate of drug-likeness (QED) is 0.805. The van der Waals surface area contributed by atoms with Crippen molar-refractivity contribution in [2.75, 3.05) is 14.1 Å². The van der Waals surface area contributed by atoms with Crippen LogP contribution in [-0.4, -0.2) is 42.0 Å². The third kappa shape index (κ3) is 2.90. The molecule has 0 fully saturated rings. The van der Waals surface area contributed by atoms with E-state index in [4.69, 9.17) is 4.74 Å². The van der Waals surface area contributed by atoms with E-state index >= 15 is 0 Å². The number of aromatic nitrogens is 1. The molecule has 100 valence electrons. The Morgan fingerprint density at radius 3 is 2.79 bits per heavy atom. The van der Waals surface area contributed by atoms with Crippen molar-refractivity contribution in [2.24, 2.45) is 0 Å². The van der Waals surface area contributed by atoms with E-state index in [9.17, 15) is 9.59 Å². The third-order valence-electron chi connectivity index (χ3n) is 2.64. The number of esters is 1. The van der Waals surface area contributed by atoms with Crippen molar-refractivity contribution in [1.29, 1.82) is 0 Å². The minimum absolute atomic E-state index is 0.243. The number of thiazole rings is 1.